The van der Waals surface area contributed by atoms with E-state index in [-0.39, 0.29) is 42.8 Å². The molecule has 0 saturated carbocycles. The van der Waals surface area contributed by atoms with Crippen LogP contribution in [-0.2, 0) is 17.9 Å². The number of ether oxygens (including phenoxy) is 2. The smallest absolute Gasteiger partial charge is 0.341 e. The summed E-state index contributed by atoms with van der Waals surface area (Å²) >= 11 is 3.65. The molecule has 6 nitrogen and oxygen atoms in total. The topological polar surface area (TPSA) is 64.3 Å². The quantitative estimate of drug-likeness (QED) is 0.224. The number of hydrogen-bond donors (Lipinski definition) is 1. The first kappa shape index (κ1) is 27.0. The number of carbonyl (C=O) groups is 1. The molecule has 176 valence electrons. The van der Waals surface area contributed by atoms with Crippen molar-refractivity contribution in [3.05, 3.63) is 81.7 Å². The highest BCUT2D eigenvalue weighted by molar-refractivity contribution is 9.10. The number of benzene rings is 2. The van der Waals surface area contributed by atoms with Crippen LogP contribution in [0.2, 0.25) is 0 Å². The number of carbonyl (C=O) groups excluding carboxylic acids is 1. The van der Waals surface area contributed by atoms with Gasteiger partial charge >= 0.3 is 5.97 Å². The van der Waals surface area contributed by atoms with Crippen molar-refractivity contribution in [2.24, 2.45) is 0 Å². The Hall–Kier alpha value is -2.20. The van der Waals surface area contributed by atoms with Crippen molar-refractivity contribution in [1.29, 1.82) is 0 Å². The number of esters is 1. The van der Waals surface area contributed by atoms with Crippen molar-refractivity contribution in [2.75, 3.05) is 11.9 Å². The fraction of sp³-hybridized carbons (Fsp3) is 0.320. The van der Waals surface area contributed by atoms with Gasteiger partial charge in [-0.1, -0.05) is 42.8 Å². The highest BCUT2D eigenvalue weighted by atomic mass is 127. The molecule has 0 radical (unpaired) electrons. The van der Waals surface area contributed by atoms with Gasteiger partial charge in [0.1, 0.15) is 22.0 Å². The molecule has 1 unspecified atom stereocenters. The van der Waals surface area contributed by atoms with Crippen molar-refractivity contribution in [3.63, 3.8) is 0 Å². The van der Waals surface area contributed by atoms with Crippen LogP contribution in [0.25, 0.3) is 0 Å². The molecule has 0 saturated heterocycles. The van der Waals surface area contributed by atoms with Gasteiger partial charge in [0.15, 0.2) is 0 Å². The average Bonchev–Trinajstić information content (AvgIpc) is 2.79. The van der Waals surface area contributed by atoms with Gasteiger partial charge in [0.25, 0.3) is 12.1 Å². The van der Waals surface area contributed by atoms with Gasteiger partial charge in [0, 0.05) is 6.42 Å². The molecule has 3 rings (SSSR count). The normalized spacial score (nSPS) is 11.3. The second-order valence-corrected chi connectivity index (χ2v) is 8.48. The van der Waals surface area contributed by atoms with Gasteiger partial charge in [-0.25, -0.2) is 4.79 Å². The third-order valence-electron chi connectivity index (χ3n) is 5.03. The molecule has 2 aromatic carbocycles. The molecule has 3 aromatic rings. The number of rotatable bonds is 9. The zero-order chi connectivity index (χ0) is 23.1. The lowest BCUT2D eigenvalue weighted by Gasteiger charge is -2.17. The Labute approximate surface area is 220 Å². The zero-order valence-corrected chi connectivity index (χ0v) is 23.0. The lowest BCUT2D eigenvalue weighted by Crippen LogP contribution is -3.00. The Balaban J connectivity index is 0.00000385. The fourth-order valence-corrected chi connectivity index (χ4v) is 4.08. The molecule has 0 spiro atoms. The van der Waals surface area contributed by atoms with E-state index in [1.54, 1.807) is 18.5 Å². The molecule has 1 atom stereocenters. The van der Waals surface area contributed by atoms with Crippen molar-refractivity contribution >= 4 is 27.7 Å². The predicted octanol–water partition coefficient (Wildman–Crippen LogP) is 2.01. The molecule has 8 heteroatoms. The Kier molecular flexibility index (Phi) is 10.6. The third kappa shape index (κ3) is 7.40. The Morgan fingerprint density at radius 3 is 2.58 bits per heavy atom. The van der Waals surface area contributed by atoms with Crippen LogP contribution in [0.3, 0.4) is 0 Å². The van der Waals surface area contributed by atoms with E-state index < -0.39 is 0 Å². The summed E-state index contributed by atoms with van der Waals surface area (Å²) in [5, 5.41) is 3.35. The molecule has 0 aliphatic rings. The third-order valence-corrected chi connectivity index (χ3v) is 5.86. The van der Waals surface area contributed by atoms with E-state index in [0.717, 1.165) is 33.7 Å². The highest BCUT2D eigenvalue weighted by Crippen LogP contribution is 2.23. The number of aromatic nitrogens is 2. The van der Waals surface area contributed by atoms with Gasteiger partial charge < -0.3 is 38.8 Å². The van der Waals surface area contributed by atoms with Crippen LogP contribution in [0, 0.1) is 13.8 Å². The van der Waals surface area contributed by atoms with Crippen LogP contribution < -0.4 is 38.6 Å². The van der Waals surface area contributed by atoms with Crippen molar-refractivity contribution in [1.82, 2.24) is 4.98 Å². The summed E-state index contributed by atoms with van der Waals surface area (Å²) in [5.74, 6) is 1.25. The molecule has 0 aliphatic heterocycles. The Morgan fingerprint density at radius 2 is 1.91 bits per heavy atom. The second kappa shape index (κ2) is 12.9. The standard InChI is InChI=1S/C25H28BrN3O3.HI/c1-5-21-23(26)24(27-14-19(4)32-22-12-11-17(2)13-18(22)3)28-15-29(21)16-31-25(30)20-9-7-6-8-10-20;/h6-13,15,19H,5,14,16H2,1-4H3;1H. The molecule has 0 fully saturated rings. The molecular formula is C25H29BrIN3O3. The molecule has 0 aliphatic carbocycles. The monoisotopic (exact) mass is 625 g/mol. The molecule has 33 heavy (non-hydrogen) atoms. The molecule has 1 aromatic heterocycles. The SMILES string of the molecule is CCc1c(Br)c(NCC(C)Oc2ccc(C)cc2C)nc[n+]1COC(=O)c1ccccc1.[I-]. The van der Waals surface area contributed by atoms with Crippen molar-refractivity contribution < 1.29 is 42.8 Å². The molecule has 1 heterocycles. The van der Waals surface area contributed by atoms with Gasteiger partial charge in [-0.2, -0.15) is 4.57 Å². The minimum Gasteiger partial charge on any atom is -1.00 e. The summed E-state index contributed by atoms with van der Waals surface area (Å²) in [6, 6.07) is 15.1. The highest BCUT2D eigenvalue weighted by Gasteiger charge is 2.20. The van der Waals surface area contributed by atoms with Crippen molar-refractivity contribution in [2.45, 2.75) is 47.0 Å². The Morgan fingerprint density at radius 1 is 1.18 bits per heavy atom. The molecule has 0 amide bonds. The minimum absolute atomic E-state index is 0. The van der Waals surface area contributed by atoms with Gasteiger partial charge in [0.2, 0.25) is 6.73 Å². The van der Waals surface area contributed by atoms with E-state index in [1.165, 1.54) is 5.56 Å². The summed E-state index contributed by atoms with van der Waals surface area (Å²) in [6.07, 6.45) is 2.38. The summed E-state index contributed by atoms with van der Waals surface area (Å²) in [7, 11) is 0. The van der Waals surface area contributed by atoms with Crippen LogP contribution in [-0.4, -0.2) is 23.6 Å². The van der Waals surface area contributed by atoms with Crippen LogP contribution in [0.5, 0.6) is 5.75 Å². The van der Waals surface area contributed by atoms with Gasteiger partial charge in [0.05, 0.1) is 12.1 Å². The summed E-state index contributed by atoms with van der Waals surface area (Å²) < 4.78 is 14.2. The molecular weight excluding hydrogens is 597 g/mol. The lowest BCUT2D eigenvalue weighted by molar-refractivity contribution is -0.736. The summed E-state index contributed by atoms with van der Waals surface area (Å²) in [6.45, 7) is 8.87. The maximum Gasteiger partial charge on any atom is 0.341 e. The number of aryl methyl sites for hydroxylation is 2. The van der Waals surface area contributed by atoms with Crippen LogP contribution in [0.1, 0.15) is 41.0 Å². The van der Waals surface area contributed by atoms with E-state index in [4.69, 9.17) is 9.47 Å². The zero-order valence-electron chi connectivity index (χ0n) is 19.3. The largest absolute Gasteiger partial charge is 1.00 e. The van der Waals surface area contributed by atoms with Crippen molar-refractivity contribution in [3.8, 4) is 5.75 Å². The number of nitrogens with one attached hydrogen (secondary N) is 1. The summed E-state index contributed by atoms with van der Waals surface area (Å²) in [5.41, 5.74) is 3.84. The van der Waals surface area contributed by atoms with Crippen LogP contribution in [0.4, 0.5) is 5.82 Å². The second-order valence-electron chi connectivity index (χ2n) is 7.68. The maximum atomic E-state index is 12.2. The molecule has 0 bridgehead atoms. The van der Waals surface area contributed by atoms with Gasteiger partial charge in [-0.3, -0.25) is 0 Å². The number of nitrogens with zero attached hydrogens (tertiary/aromatic N) is 2. The van der Waals surface area contributed by atoms with E-state index in [0.29, 0.717) is 12.1 Å². The lowest BCUT2D eigenvalue weighted by atomic mass is 10.1. The summed E-state index contributed by atoms with van der Waals surface area (Å²) in [4.78, 5) is 16.7. The number of anilines is 1. The first-order chi connectivity index (χ1) is 15.4. The first-order valence-corrected chi connectivity index (χ1v) is 11.4. The van der Waals surface area contributed by atoms with E-state index in [1.807, 2.05) is 42.7 Å². The van der Waals surface area contributed by atoms with Crippen LogP contribution >= 0.6 is 15.9 Å². The predicted molar refractivity (Wildman–Crippen MR) is 128 cm³/mol. The van der Waals surface area contributed by atoms with E-state index in [9.17, 15) is 4.79 Å². The minimum atomic E-state index is -0.365. The van der Waals surface area contributed by atoms with E-state index in [2.05, 4.69) is 52.2 Å². The maximum absolute atomic E-state index is 12.2. The van der Waals surface area contributed by atoms with E-state index >= 15 is 0 Å². The average molecular weight is 626 g/mol. The van der Waals surface area contributed by atoms with Crippen LogP contribution in [0.15, 0.2) is 59.3 Å². The fourth-order valence-electron chi connectivity index (χ4n) is 3.33. The first-order valence-electron chi connectivity index (χ1n) is 10.7. The van der Waals surface area contributed by atoms with Gasteiger partial charge in [-0.05, 0) is 65.4 Å². The number of halogens is 2. The molecule has 1 N–H and O–H groups in total. The van der Waals surface area contributed by atoms with Gasteiger partial charge in [-0.15, -0.1) is 0 Å². The Bertz CT molecular complexity index is 1080. The number of hydrogen-bond acceptors (Lipinski definition) is 5.